The Bertz CT molecular complexity index is 788. The van der Waals surface area contributed by atoms with Crippen molar-refractivity contribution < 1.29 is 14.3 Å². The maximum absolute atomic E-state index is 12.9. The second kappa shape index (κ2) is 6.92. The topological polar surface area (TPSA) is 103 Å². The van der Waals surface area contributed by atoms with Crippen LogP contribution in [0.2, 0.25) is 0 Å². The Kier molecular flexibility index (Phi) is 4.69. The van der Waals surface area contributed by atoms with Gasteiger partial charge in [-0.15, -0.1) is 5.10 Å². The predicted molar refractivity (Wildman–Crippen MR) is 91.0 cm³/mol. The molecule has 2 aromatic rings. The molecule has 2 atom stereocenters. The minimum atomic E-state index is -0.527. The first kappa shape index (κ1) is 16.9. The molecular formula is C17H21N5O3. The highest BCUT2D eigenvalue weighted by Crippen LogP contribution is 2.27. The number of nitrogen functional groups attached to an aromatic ring is 1. The third-order valence-electron chi connectivity index (χ3n) is 4.54. The molecule has 0 radical (unpaired) electrons. The molecule has 1 fully saturated rings. The first-order valence-electron chi connectivity index (χ1n) is 8.17. The fourth-order valence-electron chi connectivity index (χ4n) is 3.06. The second-order valence-electron chi connectivity index (χ2n) is 6.17. The van der Waals surface area contributed by atoms with Crippen LogP contribution < -0.4 is 5.73 Å². The number of rotatable bonds is 3. The van der Waals surface area contributed by atoms with Gasteiger partial charge in [0.15, 0.2) is 5.69 Å². The average Bonchev–Trinajstić information content (AvgIpc) is 3.11. The molecule has 1 saturated heterocycles. The van der Waals surface area contributed by atoms with Crippen LogP contribution in [-0.2, 0) is 4.74 Å². The zero-order chi connectivity index (χ0) is 18.0. The number of benzene rings is 1. The van der Waals surface area contributed by atoms with Crippen LogP contribution >= 0.6 is 0 Å². The number of carbonyl (C=O) groups is 2. The van der Waals surface area contributed by atoms with E-state index >= 15 is 0 Å². The van der Waals surface area contributed by atoms with Crippen LogP contribution in [0.4, 0.5) is 5.69 Å². The molecule has 8 heteroatoms. The quantitative estimate of drug-likeness (QED) is 0.669. The lowest BCUT2D eigenvalue weighted by Gasteiger charge is -2.37. The Morgan fingerprint density at radius 1 is 1.28 bits per heavy atom. The molecule has 0 saturated carbocycles. The summed E-state index contributed by atoms with van der Waals surface area (Å²) in [5, 5.41) is 8.34. The van der Waals surface area contributed by atoms with E-state index in [1.807, 2.05) is 6.92 Å². The van der Waals surface area contributed by atoms with Gasteiger partial charge in [-0.25, -0.2) is 4.79 Å². The molecule has 3 rings (SSSR count). The number of esters is 1. The summed E-state index contributed by atoms with van der Waals surface area (Å²) in [7, 11) is 1.30. The molecule has 1 aliphatic heterocycles. The van der Waals surface area contributed by atoms with E-state index < -0.39 is 5.97 Å². The van der Waals surface area contributed by atoms with Gasteiger partial charge in [0.1, 0.15) is 0 Å². The summed E-state index contributed by atoms with van der Waals surface area (Å²) in [5.74, 6) is -0.629. The normalized spacial score (nSPS) is 20.3. The zero-order valence-electron chi connectivity index (χ0n) is 14.3. The molecule has 1 aromatic heterocycles. The van der Waals surface area contributed by atoms with Gasteiger partial charge in [0, 0.05) is 18.3 Å². The van der Waals surface area contributed by atoms with Gasteiger partial charge >= 0.3 is 5.97 Å². The van der Waals surface area contributed by atoms with Gasteiger partial charge in [-0.3, -0.25) is 4.79 Å². The highest BCUT2D eigenvalue weighted by molar-refractivity contribution is 5.99. The number of nitrogens with two attached hydrogens (primary N) is 1. The Balaban J connectivity index is 1.80. The van der Waals surface area contributed by atoms with Gasteiger partial charge in [-0.05, 0) is 31.9 Å². The fraction of sp³-hybridized carbons (Fsp3) is 0.412. The largest absolute Gasteiger partial charge is 0.464 e. The Labute approximate surface area is 145 Å². The molecule has 0 bridgehead atoms. The molecule has 1 aromatic carbocycles. The van der Waals surface area contributed by atoms with Crippen molar-refractivity contribution in [3.63, 3.8) is 0 Å². The molecule has 1 aliphatic rings. The maximum atomic E-state index is 12.9. The van der Waals surface area contributed by atoms with E-state index in [0.29, 0.717) is 17.8 Å². The lowest BCUT2D eigenvalue weighted by Crippen LogP contribution is -2.46. The Hall–Kier alpha value is -2.90. The van der Waals surface area contributed by atoms with E-state index in [1.54, 1.807) is 29.2 Å². The van der Waals surface area contributed by atoms with Crippen LogP contribution in [-0.4, -0.2) is 51.5 Å². The molecule has 2 heterocycles. The monoisotopic (exact) mass is 343 g/mol. The van der Waals surface area contributed by atoms with Gasteiger partial charge < -0.3 is 15.4 Å². The summed E-state index contributed by atoms with van der Waals surface area (Å²) in [6, 6.07) is 7.05. The lowest BCUT2D eigenvalue weighted by atomic mass is 9.98. The SMILES string of the molecule is COC(=O)c1cnn([C@@H]2CC[C@@H](C)N(C(=O)c3ccccc3N)C2)n1. The second-order valence-corrected chi connectivity index (χ2v) is 6.17. The van der Waals surface area contributed by atoms with Crippen molar-refractivity contribution >= 4 is 17.6 Å². The van der Waals surface area contributed by atoms with Crippen LogP contribution in [0.15, 0.2) is 30.5 Å². The van der Waals surface area contributed by atoms with Gasteiger partial charge in [0.05, 0.1) is 24.9 Å². The summed E-state index contributed by atoms with van der Waals surface area (Å²) < 4.78 is 4.65. The number of likely N-dealkylation sites (tertiary alicyclic amines) is 1. The first-order valence-corrected chi connectivity index (χ1v) is 8.17. The molecule has 0 unspecified atom stereocenters. The van der Waals surface area contributed by atoms with E-state index in [0.717, 1.165) is 12.8 Å². The number of carbonyl (C=O) groups excluding carboxylic acids is 2. The van der Waals surface area contributed by atoms with Gasteiger partial charge in [-0.2, -0.15) is 9.90 Å². The third kappa shape index (κ3) is 3.33. The van der Waals surface area contributed by atoms with Crippen molar-refractivity contribution in [1.29, 1.82) is 0 Å². The van der Waals surface area contributed by atoms with E-state index in [9.17, 15) is 9.59 Å². The van der Waals surface area contributed by atoms with Crippen LogP contribution in [0.1, 0.15) is 46.7 Å². The number of anilines is 1. The van der Waals surface area contributed by atoms with Crippen LogP contribution in [0, 0.1) is 0 Å². The summed E-state index contributed by atoms with van der Waals surface area (Å²) in [4.78, 5) is 27.7. The molecule has 25 heavy (non-hydrogen) atoms. The van der Waals surface area contributed by atoms with Crippen LogP contribution in [0.25, 0.3) is 0 Å². The van der Waals surface area contributed by atoms with E-state index in [1.165, 1.54) is 18.1 Å². The third-order valence-corrected chi connectivity index (χ3v) is 4.54. The van der Waals surface area contributed by atoms with E-state index in [-0.39, 0.29) is 23.7 Å². The van der Waals surface area contributed by atoms with Crippen LogP contribution in [0.3, 0.4) is 0 Å². The van der Waals surface area contributed by atoms with Crippen molar-refractivity contribution in [1.82, 2.24) is 19.9 Å². The van der Waals surface area contributed by atoms with Gasteiger partial charge in [0.2, 0.25) is 0 Å². The van der Waals surface area contributed by atoms with E-state index in [4.69, 9.17) is 5.73 Å². The van der Waals surface area contributed by atoms with E-state index in [2.05, 4.69) is 14.9 Å². The fourth-order valence-corrected chi connectivity index (χ4v) is 3.06. The average molecular weight is 343 g/mol. The highest BCUT2D eigenvalue weighted by atomic mass is 16.5. The minimum absolute atomic E-state index is 0.0940. The predicted octanol–water partition coefficient (Wildman–Crippen LogP) is 1.51. The molecule has 8 nitrogen and oxygen atoms in total. The minimum Gasteiger partial charge on any atom is -0.464 e. The Morgan fingerprint density at radius 2 is 2.04 bits per heavy atom. The summed E-state index contributed by atoms with van der Waals surface area (Å²) in [6.07, 6.45) is 3.02. The molecule has 2 N–H and O–H groups in total. The van der Waals surface area contributed by atoms with Crippen molar-refractivity contribution in [2.75, 3.05) is 19.4 Å². The lowest BCUT2D eigenvalue weighted by molar-refractivity contribution is 0.0537. The van der Waals surface area contributed by atoms with Crippen molar-refractivity contribution in [3.8, 4) is 0 Å². The number of amides is 1. The number of ether oxygens (including phenoxy) is 1. The van der Waals surface area contributed by atoms with Gasteiger partial charge in [-0.1, -0.05) is 12.1 Å². The number of para-hydroxylation sites is 1. The number of aromatic nitrogens is 3. The smallest absolute Gasteiger partial charge is 0.360 e. The molecule has 132 valence electrons. The van der Waals surface area contributed by atoms with Gasteiger partial charge in [0.25, 0.3) is 5.91 Å². The van der Waals surface area contributed by atoms with Crippen molar-refractivity contribution in [2.45, 2.75) is 31.8 Å². The molecule has 0 spiro atoms. The molecular weight excluding hydrogens is 322 g/mol. The van der Waals surface area contributed by atoms with Crippen molar-refractivity contribution in [2.24, 2.45) is 0 Å². The maximum Gasteiger partial charge on any atom is 0.360 e. The Morgan fingerprint density at radius 3 is 2.76 bits per heavy atom. The standard InChI is InChI=1S/C17H21N5O3/c1-11-7-8-12(22-19-9-15(20-22)17(24)25-2)10-21(11)16(23)13-5-3-4-6-14(13)18/h3-6,9,11-12H,7-8,10,18H2,1-2H3/t11-,12-/m1/s1. The molecule has 0 aliphatic carbocycles. The summed E-state index contributed by atoms with van der Waals surface area (Å²) in [5.41, 5.74) is 7.06. The highest BCUT2D eigenvalue weighted by Gasteiger charge is 2.32. The summed E-state index contributed by atoms with van der Waals surface area (Å²) in [6.45, 7) is 2.48. The van der Waals surface area contributed by atoms with Crippen molar-refractivity contribution in [3.05, 3.63) is 41.7 Å². The number of piperidine rings is 1. The first-order chi connectivity index (χ1) is 12.0. The molecule has 1 amide bonds. The number of nitrogens with zero attached hydrogens (tertiary/aromatic N) is 4. The number of methoxy groups -OCH3 is 1. The summed E-state index contributed by atoms with van der Waals surface area (Å²) >= 11 is 0. The zero-order valence-corrected chi connectivity index (χ0v) is 14.3. The van der Waals surface area contributed by atoms with Crippen LogP contribution in [0.5, 0.6) is 0 Å². The number of hydrogen-bond donors (Lipinski definition) is 1. The number of hydrogen-bond acceptors (Lipinski definition) is 6.